The van der Waals surface area contributed by atoms with Gasteiger partial charge in [-0.15, -0.1) is 0 Å². The van der Waals surface area contributed by atoms with Crippen LogP contribution in [0, 0.1) is 0 Å². The molecule has 2 aliphatic rings. The smallest absolute Gasteiger partial charge is 0.220 e. The van der Waals surface area contributed by atoms with Crippen LogP contribution < -0.4 is 5.32 Å². The van der Waals surface area contributed by atoms with Crippen LogP contribution in [0.15, 0.2) is 36.4 Å². The average Bonchev–Trinajstić information content (AvgIpc) is 3.02. The first-order valence-corrected chi connectivity index (χ1v) is 10.9. The number of hydrogen-bond acceptors (Lipinski definition) is 3. The van der Waals surface area contributed by atoms with E-state index in [9.17, 15) is 4.79 Å². The number of carbonyl (C=O) groups excluding carboxylic acids is 1. The molecule has 0 atom stereocenters. The molecular weight excluding hydrogens is 348 g/mol. The van der Waals surface area contributed by atoms with Crippen LogP contribution in [-0.2, 0) is 30.8 Å². The number of aromatic nitrogens is 2. The Balaban J connectivity index is 1.29. The third-order valence-electron chi connectivity index (χ3n) is 6.14. The summed E-state index contributed by atoms with van der Waals surface area (Å²) in [6.07, 6.45) is 9.30. The lowest BCUT2D eigenvalue weighted by molar-refractivity contribution is -0.121. The van der Waals surface area contributed by atoms with Crippen molar-refractivity contribution in [2.45, 2.75) is 77.0 Å². The van der Waals surface area contributed by atoms with Gasteiger partial charge in [0.25, 0.3) is 0 Å². The molecule has 1 aliphatic heterocycles. The molecule has 5 nitrogen and oxygen atoms in total. The number of rotatable bonds is 6. The van der Waals surface area contributed by atoms with Gasteiger partial charge in [-0.25, -0.2) is 0 Å². The number of fused-ring (bicyclic) bond motifs is 1. The predicted octanol–water partition coefficient (Wildman–Crippen LogP) is 3.67. The second kappa shape index (κ2) is 9.37. The minimum Gasteiger partial charge on any atom is -0.350 e. The maximum absolute atomic E-state index is 12.2. The molecule has 0 unspecified atom stereocenters. The molecule has 1 amide bonds. The molecule has 150 valence electrons. The zero-order valence-corrected chi connectivity index (χ0v) is 16.8. The van der Waals surface area contributed by atoms with Gasteiger partial charge < -0.3 is 5.32 Å². The first-order chi connectivity index (χ1) is 13.8. The van der Waals surface area contributed by atoms with Crippen LogP contribution in [0.4, 0.5) is 0 Å². The lowest BCUT2D eigenvalue weighted by atomic mass is 9.94. The zero-order valence-electron chi connectivity index (χ0n) is 16.8. The molecule has 1 saturated carbocycles. The van der Waals surface area contributed by atoms with Crippen molar-refractivity contribution in [1.29, 1.82) is 0 Å². The monoisotopic (exact) mass is 380 g/mol. The highest BCUT2D eigenvalue weighted by Gasteiger charge is 2.24. The van der Waals surface area contributed by atoms with Crippen molar-refractivity contribution >= 4 is 5.91 Å². The molecule has 1 aliphatic carbocycles. The highest BCUT2D eigenvalue weighted by molar-refractivity contribution is 5.76. The van der Waals surface area contributed by atoms with Crippen LogP contribution in [0.1, 0.15) is 61.9 Å². The summed E-state index contributed by atoms with van der Waals surface area (Å²) in [7, 11) is 0. The maximum Gasteiger partial charge on any atom is 0.220 e. The lowest BCUT2D eigenvalue weighted by Crippen LogP contribution is -2.36. The standard InChI is InChI=1S/C23H32N4O/c28-23(13-12-19-8-3-1-4-9-19)24-17-20-16-22-18-26(14-7-15-27(22)25-20)21-10-5-2-6-11-21/h1,3-4,8-9,16,21H,2,5-7,10-15,17-18H2,(H,24,28). The maximum atomic E-state index is 12.2. The summed E-state index contributed by atoms with van der Waals surface area (Å²) in [4.78, 5) is 14.9. The molecule has 4 rings (SSSR count). The van der Waals surface area contributed by atoms with E-state index in [2.05, 4.69) is 33.1 Å². The van der Waals surface area contributed by atoms with Gasteiger partial charge in [0.2, 0.25) is 5.91 Å². The van der Waals surface area contributed by atoms with Gasteiger partial charge in [0, 0.05) is 32.1 Å². The van der Waals surface area contributed by atoms with Crippen LogP contribution in [0.25, 0.3) is 0 Å². The van der Waals surface area contributed by atoms with Crippen LogP contribution in [0.5, 0.6) is 0 Å². The zero-order chi connectivity index (χ0) is 19.2. The average molecular weight is 381 g/mol. The molecule has 1 N–H and O–H groups in total. The fourth-order valence-corrected chi connectivity index (χ4v) is 4.57. The fraction of sp³-hybridized carbons (Fsp3) is 0.565. The van der Waals surface area contributed by atoms with E-state index in [-0.39, 0.29) is 5.91 Å². The number of carbonyl (C=O) groups is 1. The Labute approximate surface area is 168 Å². The van der Waals surface area contributed by atoms with Crippen LogP contribution in [-0.4, -0.2) is 33.2 Å². The summed E-state index contributed by atoms with van der Waals surface area (Å²) in [6, 6.07) is 13.1. The first kappa shape index (κ1) is 19.2. The number of nitrogens with one attached hydrogen (secondary N) is 1. The molecule has 0 spiro atoms. The number of aryl methyl sites for hydroxylation is 2. The molecule has 0 saturated heterocycles. The molecule has 5 heteroatoms. The largest absolute Gasteiger partial charge is 0.350 e. The Kier molecular flexibility index (Phi) is 6.42. The Bertz CT molecular complexity index is 764. The number of amides is 1. The fourth-order valence-electron chi connectivity index (χ4n) is 4.57. The van der Waals surface area contributed by atoms with Gasteiger partial charge in [0.15, 0.2) is 0 Å². The van der Waals surface area contributed by atoms with E-state index < -0.39 is 0 Å². The van der Waals surface area contributed by atoms with E-state index in [0.29, 0.717) is 13.0 Å². The van der Waals surface area contributed by atoms with Crippen molar-refractivity contribution < 1.29 is 4.79 Å². The van der Waals surface area contributed by atoms with Gasteiger partial charge >= 0.3 is 0 Å². The predicted molar refractivity (Wildman–Crippen MR) is 111 cm³/mol. The highest BCUT2D eigenvalue weighted by Crippen LogP contribution is 2.26. The van der Waals surface area contributed by atoms with Crippen molar-refractivity contribution in [2.75, 3.05) is 6.54 Å². The molecule has 1 aromatic heterocycles. The Morgan fingerprint density at radius 2 is 1.89 bits per heavy atom. The third kappa shape index (κ3) is 5.02. The molecular formula is C23H32N4O. The number of nitrogens with zero attached hydrogens (tertiary/aromatic N) is 3. The summed E-state index contributed by atoms with van der Waals surface area (Å²) >= 11 is 0. The van der Waals surface area contributed by atoms with Gasteiger partial charge in [0.05, 0.1) is 17.9 Å². The molecule has 1 aromatic carbocycles. The lowest BCUT2D eigenvalue weighted by Gasteiger charge is -2.33. The van der Waals surface area contributed by atoms with Crippen molar-refractivity contribution in [1.82, 2.24) is 20.0 Å². The second-order valence-electron chi connectivity index (χ2n) is 8.23. The van der Waals surface area contributed by atoms with Crippen LogP contribution in [0.3, 0.4) is 0 Å². The van der Waals surface area contributed by atoms with E-state index in [0.717, 1.165) is 37.7 Å². The minimum absolute atomic E-state index is 0.0934. The molecule has 1 fully saturated rings. The molecule has 28 heavy (non-hydrogen) atoms. The van der Waals surface area contributed by atoms with Crippen molar-refractivity contribution in [3.8, 4) is 0 Å². The van der Waals surface area contributed by atoms with Crippen molar-refractivity contribution in [2.24, 2.45) is 0 Å². The highest BCUT2D eigenvalue weighted by atomic mass is 16.1. The summed E-state index contributed by atoms with van der Waals surface area (Å²) in [5.41, 5.74) is 3.49. The van der Waals surface area contributed by atoms with E-state index in [1.807, 2.05) is 18.2 Å². The normalized spacial score (nSPS) is 18.4. The molecule has 2 aromatic rings. The van der Waals surface area contributed by atoms with E-state index in [1.165, 1.54) is 49.9 Å². The Hall–Kier alpha value is -2.14. The molecule has 0 radical (unpaired) electrons. The van der Waals surface area contributed by atoms with Gasteiger partial charge in [-0.3, -0.25) is 14.4 Å². The van der Waals surface area contributed by atoms with Crippen molar-refractivity contribution in [3.63, 3.8) is 0 Å². The number of hydrogen-bond donors (Lipinski definition) is 1. The Morgan fingerprint density at radius 1 is 1.07 bits per heavy atom. The van der Waals surface area contributed by atoms with Gasteiger partial charge in [-0.1, -0.05) is 49.6 Å². The van der Waals surface area contributed by atoms with Gasteiger partial charge in [0.1, 0.15) is 0 Å². The third-order valence-corrected chi connectivity index (χ3v) is 6.14. The summed E-state index contributed by atoms with van der Waals surface area (Å²) < 4.78 is 2.16. The van der Waals surface area contributed by atoms with E-state index in [1.54, 1.807) is 0 Å². The van der Waals surface area contributed by atoms with Gasteiger partial charge in [-0.05, 0) is 37.3 Å². The first-order valence-electron chi connectivity index (χ1n) is 10.9. The Morgan fingerprint density at radius 3 is 2.71 bits per heavy atom. The summed E-state index contributed by atoms with van der Waals surface area (Å²) in [6.45, 7) is 3.69. The number of benzene rings is 1. The van der Waals surface area contributed by atoms with Crippen LogP contribution >= 0.6 is 0 Å². The van der Waals surface area contributed by atoms with Crippen molar-refractivity contribution in [3.05, 3.63) is 53.3 Å². The summed E-state index contributed by atoms with van der Waals surface area (Å²) in [5.74, 6) is 0.0934. The molecule has 2 heterocycles. The SMILES string of the molecule is O=C(CCc1ccccc1)NCc1cc2n(n1)CCCN(C1CCCCC1)C2. The van der Waals surface area contributed by atoms with E-state index >= 15 is 0 Å². The minimum atomic E-state index is 0.0934. The molecule has 0 bridgehead atoms. The quantitative estimate of drug-likeness (QED) is 0.832. The second-order valence-corrected chi connectivity index (χ2v) is 8.23. The topological polar surface area (TPSA) is 50.2 Å². The van der Waals surface area contributed by atoms with Crippen LogP contribution in [0.2, 0.25) is 0 Å². The summed E-state index contributed by atoms with van der Waals surface area (Å²) in [5, 5.41) is 7.80. The van der Waals surface area contributed by atoms with Gasteiger partial charge in [-0.2, -0.15) is 5.10 Å². The van der Waals surface area contributed by atoms with E-state index in [4.69, 9.17) is 5.10 Å².